The highest BCUT2D eigenvalue weighted by Crippen LogP contribution is 2.34. The van der Waals surface area contributed by atoms with Gasteiger partial charge >= 0.3 is 6.18 Å². The number of carbonyl (C=O) groups is 4. The lowest BCUT2D eigenvalue weighted by molar-refractivity contribution is -0.255. The molecule has 0 spiro atoms. The minimum atomic E-state index is -4.98. The van der Waals surface area contributed by atoms with Crippen LogP contribution in [0.1, 0.15) is 36.8 Å². The molecule has 2 aliphatic heterocycles. The molecule has 0 saturated heterocycles. The number of halogens is 3. The van der Waals surface area contributed by atoms with Gasteiger partial charge in [0.2, 0.25) is 0 Å². The third-order valence-corrected chi connectivity index (χ3v) is 5.43. The lowest BCUT2D eigenvalue weighted by Crippen LogP contribution is -2.25. The van der Waals surface area contributed by atoms with Crippen LogP contribution in [0.2, 0.25) is 0 Å². The standard InChI is InChI=1S/C24H12F3N3O6/c25-24(26,27)19-17(22(33)30(29-19)13-4-1-11(2-5-13)23(34)35)10-14-6-8-18(36-14)12-3-7-15-16(9-12)21(32)28-20(15)31/h1-10H,(H,34,35)(H,28,31,32)/p-1/b17-10+. The van der Waals surface area contributed by atoms with Crippen LogP contribution in [0.5, 0.6) is 0 Å². The number of amides is 3. The Morgan fingerprint density at radius 2 is 1.67 bits per heavy atom. The molecule has 0 radical (unpaired) electrons. The maximum atomic E-state index is 13.7. The molecular weight excluding hydrogens is 483 g/mol. The zero-order valence-electron chi connectivity index (χ0n) is 17.8. The number of carbonyl (C=O) groups excluding carboxylic acids is 4. The average molecular weight is 494 g/mol. The van der Waals surface area contributed by atoms with Gasteiger partial charge in [-0.3, -0.25) is 19.7 Å². The van der Waals surface area contributed by atoms with Gasteiger partial charge in [-0.1, -0.05) is 18.2 Å². The van der Waals surface area contributed by atoms with Crippen molar-refractivity contribution in [2.24, 2.45) is 5.10 Å². The largest absolute Gasteiger partial charge is 0.545 e. The fraction of sp³-hybridized carbons (Fsp3) is 0.0417. The van der Waals surface area contributed by atoms with E-state index in [2.05, 4.69) is 10.4 Å². The van der Waals surface area contributed by atoms with Crippen LogP contribution in [0.3, 0.4) is 0 Å². The van der Waals surface area contributed by atoms with Gasteiger partial charge in [-0.2, -0.15) is 23.3 Å². The summed E-state index contributed by atoms with van der Waals surface area (Å²) in [6.45, 7) is 0. The number of alkyl halides is 3. The molecule has 3 aromatic rings. The van der Waals surface area contributed by atoms with Crippen LogP contribution in [-0.4, -0.2) is 35.6 Å². The number of hydrazone groups is 1. The number of benzene rings is 2. The number of rotatable bonds is 4. The van der Waals surface area contributed by atoms with Crippen LogP contribution in [0.25, 0.3) is 17.4 Å². The number of carboxylic acids is 1. The fourth-order valence-electron chi connectivity index (χ4n) is 3.72. The van der Waals surface area contributed by atoms with Gasteiger partial charge in [-0.25, -0.2) is 0 Å². The summed E-state index contributed by atoms with van der Waals surface area (Å²) in [6, 6.07) is 11.5. The first-order valence-electron chi connectivity index (χ1n) is 10.2. The van der Waals surface area contributed by atoms with E-state index in [1.165, 1.54) is 30.3 Å². The maximum Gasteiger partial charge on any atom is 0.435 e. The molecular formula is C24H11F3N3O6-. The van der Waals surface area contributed by atoms with Crippen molar-refractivity contribution in [3.63, 3.8) is 0 Å². The molecule has 5 rings (SSSR count). The van der Waals surface area contributed by atoms with Gasteiger partial charge < -0.3 is 14.3 Å². The van der Waals surface area contributed by atoms with Gasteiger partial charge in [0.05, 0.1) is 28.4 Å². The summed E-state index contributed by atoms with van der Waals surface area (Å²) < 4.78 is 46.6. The Morgan fingerprint density at radius 1 is 0.972 bits per heavy atom. The number of furan rings is 1. The van der Waals surface area contributed by atoms with Gasteiger partial charge in [-0.15, -0.1) is 0 Å². The number of carboxylic acid groups (broad SMARTS) is 1. The third kappa shape index (κ3) is 3.83. The predicted molar refractivity (Wildman–Crippen MR) is 116 cm³/mol. The van der Waals surface area contributed by atoms with E-state index in [-0.39, 0.29) is 33.9 Å². The second-order valence-corrected chi connectivity index (χ2v) is 7.70. The van der Waals surface area contributed by atoms with E-state index in [1.54, 1.807) is 0 Å². The molecule has 2 aromatic carbocycles. The van der Waals surface area contributed by atoms with Crippen LogP contribution < -0.4 is 15.4 Å². The van der Waals surface area contributed by atoms with Crippen LogP contribution in [0.15, 0.2) is 69.7 Å². The van der Waals surface area contributed by atoms with E-state index in [4.69, 9.17) is 4.42 Å². The molecule has 0 bridgehead atoms. The molecule has 0 fully saturated rings. The fourth-order valence-corrected chi connectivity index (χ4v) is 3.72. The summed E-state index contributed by atoms with van der Waals surface area (Å²) in [6.07, 6.45) is -4.09. The highest BCUT2D eigenvalue weighted by atomic mass is 19.4. The van der Waals surface area contributed by atoms with Crippen molar-refractivity contribution in [2.75, 3.05) is 5.01 Å². The molecule has 2 aliphatic rings. The van der Waals surface area contributed by atoms with Crippen LogP contribution in [-0.2, 0) is 4.79 Å². The predicted octanol–water partition coefficient (Wildman–Crippen LogP) is 2.54. The van der Waals surface area contributed by atoms with Crippen molar-refractivity contribution in [2.45, 2.75) is 6.18 Å². The molecule has 0 aliphatic carbocycles. The Balaban J connectivity index is 1.48. The summed E-state index contributed by atoms with van der Waals surface area (Å²) in [7, 11) is 0. The third-order valence-electron chi connectivity index (χ3n) is 5.43. The van der Waals surface area contributed by atoms with E-state index in [0.717, 1.165) is 30.3 Å². The van der Waals surface area contributed by atoms with E-state index in [1.807, 2.05) is 0 Å². The minimum Gasteiger partial charge on any atom is -0.545 e. The first-order chi connectivity index (χ1) is 17.0. The summed E-state index contributed by atoms with van der Waals surface area (Å²) in [4.78, 5) is 47.4. The average Bonchev–Trinajstić information content (AvgIpc) is 3.51. The molecule has 0 unspecified atom stereocenters. The normalized spacial score (nSPS) is 16.4. The maximum absolute atomic E-state index is 13.7. The van der Waals surface area contributed by atoms with Gasteiger partial charge in [0, 0.05) is 5.56 Å². The molecule has 3 heterocycles. The highest BCUT2D eigenvalue weighted by molar-refractivity contribution is 6.34. The number of imide groups is 1. The monoisotopic (exact) mass is 494 g/mol. The van der Waals surface area contributed by atoms with Crippen LogP contribution >= 0.6 is 0 Å². The number of nitrogens with zero attached hydrogens (tertiary/aromatic N) is 2. The molecule has 0 saturated carbocycles. The summed E-state index contributed by atoms with van der Waals surface area (Å²) in [5.74, 6) is -3.62. The number of anilines is 1. The molecule has 180 valence electrons. The highest BCUT2D eigenvalue weighted by Gasteiger charge is 2.47. The zero-order chi connectivity index (χ0) is 25.8. The van der Waals surface area contributed by atoms with Crippen molar-refractivity contribution in [1.29, 1.82) is 0 Å². The number of nitrogens with one attached hydrogen (secondary N) is 1. The van der Waals surface area contributed by atoms with Crippen LogP contribution in [0.4, 0.5) is 18.9 Å². The van der Waals surface area contributed by atoms with Crippen LogP contribution in [0, 0.1) is 0 Å². The lowest BCUT2D eigenvalue weighted by atomic mass is 10.0. The number of fused-ring (bicyclic) bond motifs is 1. The Labute approximate surface area is 199 Å². The molecule has 0 atom stereocenters. The van der Waals surface area contributed by atoms with Crippen molar-refractivity contribution in [3.05, 3.63) is 82.6 Å². The second kappa shape index (κ2) is 8.05. The van der Waals surface area contributed by atoms with Gasteiger partial charge in [0.1, 0.15) is 11.5 Å². The number of hydrogen-bond donors (Lipinski definition) is 1. The Kier molecular flexibility index (Phi) is 5.09. The van der Waals surface area contributed by atoms with Crippen molar-refractivity contribution in [1.82, 2.24) is 5.32 Å². The first kappa shape index (κ1) is 22.8. The lowest BCUT2D eigenvalue weighted by Gasteiger charge is -2.12. The molecule has 3 amide bonds. The summed E-state index contributed by atoms with van der Waals surface area (Å²) >= 11 is 0. The van der Waals surface area contributed by atoms with E-state index < -0.39 is 41.2 Å². The van der Waals surface area contributed by atoms with Gasteiger partial charge in [0.25, 0.3) is 17.7 Å². The second-order valence-electron chi connectivity index (χ2n) is 7.70. The van der Waals surface area contributed by atoms with E-state index in [9.17, 15) is 37.5 Å². The van der Waals surface area contributed by atoms with Crippen molar-refractivity contribution < 1.29 is 41.9 Å². The van der Waals surface area contributed by atoms with Crippen molar-refractivity contribution >= 4 is 41.2 Å². The molecule has 9 nitrogen and oxygen atoms in total. The zero-order valence-corrected chi connectivity index (χ0v) is 17.8. The Bertz CT molecular complexity index is 1530. The van der Waals surface area contributed by atoms with Gasteiger partial charge in [0.15, 0.2) is 5.71 Å². The minimum absolute atomic E-state index is 0.0822. The molecule has 1 aromatic heterocycles. The SMILES string of the molecule is O=C([O-])c1ccc(N2N=C(C(F)(F)F)/C(=C\c3ccc(-c4ccc5c(c4)C(=O)NC5=O)o3)C2=O)cc1. The van der Waals surface area contributed by atoms with Gasteiger partial charge in [-0.05, 0) is 48.0 Å². The smallest absolute Gasteiger partial charge is 0.435 e. The first-order valence-corrected chi connectivity index (χ1v) is 10.2. The molecule has 36 heavy (non-hydrogen) atoms. The number of aromatic carboxylic acids is 1. The van der Waals surface area contributed by atoms with E-state index in [0.29, 0.717) is 10.6 Å². The topological polar surface area (TPSA) is 132 Å². The number of hydrogen-bond acceptors (Lipinski definition) is 7. The Hall–Kier alpha value is -5.00. The quantitative estimate of drug-likeness (QED) is 0.438. The summed E-state index contributed by atoms with van der Waals surface area (Å²) in [5.41, 5.74) is -1.84. The van der Waals surface area contributed by atoms with Crippen molar-refractivity contribution in [3.8, 4) is 11.3 Å². The van der Waals surface area contributed by atoms with E-state index >= 15 is 0 Å². The molecule has 1 N–H and O–H groups in total. The Morgan fingerprint density at radius 3 is 2.33 bits per heavy atom. The summed E-state index contributed by atoms with van der Waals surface area (Å²) in [5, 5.41) is 17.0. The molecule has 12 heteroatoms.